The molecule has 0 atom stereocenters. The van der Waals surface area contributed by atoms with Crippen LogP contribution in [0.15, 0.2) is 60.9 Å². The summed E-state index contributed by atoms with van der Waals surface area (Å²) in [7, 11) is 0. The molecule has 0 bridgehead atoms. The third-order valence-corrected chi connectivity index (χ3v) is 4.41. The molecule has 1 aromatic heterocycles. The van der Waals surface area contributed by atoms with Gasteiger partial charge in [-0.3, -0.25) is 4.98 Å². The van der Waals surface area contributed by atoms with Gasteiger partial charge in [0.15, 0.2) is 0 Å². The molecule has 2 aromatic carbocycles. The van der Waals surface area contributed by atoms with E-state index in [2.05, 4.69) is 4.98 Å². The van der Waals surface area contributed by atoms with E-state index in [0.29, 0.717) is 26.1 Å². The standard InChI is InChI=1S/C22H23NO3/c1-2-18-19(10-12-26-15-16-7-6-11-23-14-16)22(21(25)13-20(18)24)17-8-4-3-5-9-17/h3-9,11,13-14,24-25H,2,10,12,15H2,1H3. The number of hydrogen-bond acceptors (Lipinski definition) is 4. The Bertz CT molecular complexity index is 848. The van der Waals surface area contributed by atoms with E-state index in [4.69, 9.17) is 4.74 Å². The maximum atomic E-state index is 10.5. The number of hydrogen-bond donors (Lipinski definition) is 2. The fourth-order valence-corrected chi connectivity index (χ4v) is 3.19. The van der Waals surface area contributed by atoms with Crippen LogP contribution in [0.5, 0.6) is 11.5 Å². The van der Waals surface area contributed by atoms with E-state index in [1.807, 2.05) is 49.4 Å². The lowest BCUT2D eigenvalue weighted by molar-refractivity contribution is 0.123. The topological polar surface area (TPSA) is 62.6 Å². The number of phenolic OH excluding ortho intramolecular Hbond substituents is 2. The molecule has 4 heteroatoms. The second-order valence-corrected chi connectivity index (χ2v) is 6.13. The Morgan fingerprint density at radius 1 is 0.962 bits per heavy atom. The van der Waals surface area contributed by atoms with Crippen molar-refractivity contribution in [3.05, 3.63) is 77.6 Å². The molecule has 0 unspecified atom stereocenters. The van der Waals surface area contributed by atoms with Crippen molar-refractivity contribution in [3.8, 4) is 22.6 Å². The molecule has 4 nitrogen and oxygen atoms in total. The molecule has 0 saturated heterocycles. The number of nitrogens with zero attached hydrogens (tertiary/aromatic N) is 1. The molecule has 0 aliphatic carbocycles. The van der Waals surface area contributed by atoms with Gasteiger partial charge >= 0.3 is 0 Å². The normalized spacial score (nSPS) is 10.8. The summed E-state index contributed by atoms with van der Waals surface area (Å²) >= 11 is 0. The van der Waals surface area contributed by atoms with Crippen LogP contribution in [0.3, 0.4) is 0 Å². The molecule has 2 N–H and O–H groups in total. The van der Waals surface area contributed by atoms with Crippen LogP contribution in [-0.2, 0) is 24.2 Å². The Morgan fingerprint density at radius 3 is 2.46 bits per heavy atom. The number of pyridine rings is 1. The summed E-state index contributed by atoms with van der Waals surface area (Å²) < 4.78 is 5.79. The Labute approximate surface area is 153 Å². The van der Waals surface area contributed by atoms with Crippen LogP contribution >= 0.6 is 0 Å². The van der Waals surface area contributed by atoms with E-state index < -0.39 is 0 Å². The number of aromatic nitrogens is 1. The Balaban J connectivity index is 1.84. The van der Waals surface area contributed by atoms with Gasteiger partial charge in [0.25, 0.3) is 0 Å². The van der Waals surface area contributed by atoms with Gasteiger partial charge in [0.1, 0.15) is 11.5 Å². The van der Waals surface area contributed by atoms with Gasteiger partial charge in [-0.25, -0.2) is 0 Å². The number of ether oxygens (including phenoxy) is 1. The first-order chi connectivity index (χ1) is 12.7. The second-order valence-electron chi connectivity index (χ2n) is 6.13. The molecule has 0 fully saturated rings. The van der Waals surface area contributed by atoms with Crippen molar-refractivity contribution in [2.45, 2.75) is 26.4 Å². The molecule has 134 valence electrons. The Hall–Kier alpha value is -2.85. The predicted molar refractivity (Wildman–Crippen MR) is 102 cm³/mol. The zero-order valence-electron chi connectivity index (χ0n) is 14.9. The van der Waals surface area contributed by atoms with Gasteiger partial charge in [0.05, 0.1) is 13.2 Å². The molecule has 3 aromatic rings. The quantitative estimate of drug-likeness (QED) is 0.617. The SMILES string of the molecule is CCc1c(O)cc(O)c(-c2ccccc2)c1CCOCc1cccnc1. The number of phenols is 2. The summed E-state index contributed by atoms with van der Waals surface area (Å²) in [5, 5.41) is 20.7. The van der Waals surface area contributed by atoms with Crippen molar-refractivity contribution < 1.29 is 14.9 Å². The summed E-state index contributed by atoms with van der Waals surface area (Å²) in [6.07, 6.45) is 4.81. The van der Waals surface area contributed by atoms with Crippen molar-refractivity contribution in [1.29, 1.82) is 0 Å². The maximum Gasteiger partial charge on any atom is 0.127 e. The lowest BCUT2D eigenvalue weighted by atomic mass is 9.91. The highest BCUT2D eigenvalue weighted by Gasteiger charge is 2.17. The fourth-order valence-electron chi connectivity index (χ4n) is 3.19. The van der Waals surface area contributed by atoms with Gasteiger partial charge in [0.2, 0.25) is 0 Å². The molecule has 0 aliphatic rings. The van der Waals surface area contributed by atoms with Gasteiger partial charge in [-0.05, 0) is 41.2 Å². The van der Waals surface area contributed by atoms with Crippen LogP contribution in [0.4, 0.5) is 0 Å². The minimum atomic E-state index is 0.0909. The number of rotatable bonds is 7. The maximum absolute atomic E-state index is 10.5. The van der Waals surface area contributed by atoms with Gasteiger partial charge < -0.3 is 14.9 Å². The molecule has 1 heterocycles. The van der Waals surface area contributed by atoms with Crippen LogP contribution in [0.2, 0.25) is 0 Å². The summed E-state index contributed by atoms with van der Waals surface area (Å²) in [5.41, 5.74) is 4.51. The van der Waals surface area contributed by atoms with Crippen LogP contribution in [-0.4, -0.2) is 21.8 Å². The highest BCUT2D eigenvalue weighted by atomic mass is 16.5. The smallest absolute Gasteiger partial charge is 0.127 e. The zero-order valence-corrected chi connectivity index (χ0v) is 14.9. The van der Waals surface area contributed by atoms with Crippen LogP contribution in [0.25, 0.3) is 11.1 Å². The van der Waals surface area contributed by atoms with Gasteiger partial charge in [-0.15, -0.1) is 0 Å². The minimum Gasteiger partial charge on any atom is -0.508 e. The van der Waals surface area contributed by atoms with Crippen molar-refractivity contribution in [1.82, 2.24) is 4.98 Å². The molecule has 0 amide bonds. The van der Waals surface area contributed by atoms with E-state index in [1.54, 1.807) is 12.4 Å². The van der Waals surface area contributed by atoms with E-state index in [1.165, 1.54) is 6.07 Å². The summed E-state index contributed by atoms with van der Waals surface area (Å²) in [6, 6.07) is 15.0. The molecule has 0 radical (unpaired) electrons. The van der Waals surface area contributed by atoms with Crippen LogP contribution in [0, 0.1) is 0 Å². The number of benzene rings is 2. The van der Waals surface area contributed by atoms with Crippen LogP contribution < -0.4 is 0 Å². The third kappa shape index (κ3) is 4.03. The average molecular weight is 349 g/mol. The van der Waals surface area contributed by atoms with Gasteiger partial charge in [0, 0.05) is 24.0 Å². The van der Waals surface area contributed by atoms with Crippen LogP contribution in [0.1, 0.15) is 23.6 Å². The fraction of sp³-hybridized carbons (Fsp3) is 0.227. The minimum absolute atomic E-state index is 0.0909. The lowest BCUT2D eigenvalue weighted by Crippen LogP contribution is -2.04. The van der Waals surface area contributed by atoms with E-state index in [9.17, 15) is 10.2 Å². The molecule has 0 spiro atoms. The third-order valence-electron chi connectivity index (χ3n) is 4.41. The van der Waals surface area contributed by atoms with Crippen molar-refractivity contribution in [3.63, 3.8) is 0 Å². The summed E-state index contributed by atoms with van der Waals surface area (Å²) in [6.45, 7) is 2.98. The van der Waals surface area contributed by atoms with E-state index in [0.717, 1.165) is 27.8 Å². The number of aromatic hydroxyl groups is 2. The highest BCUT2D eigenvalue weighted by Crippen LogP contribution is 2.39. The van der Waals surface area contributed by atoms with E-state index >= 15 is 0 Å². The molecule has 3 rings (SSSR count). The van der Waals surface area contributed by atoms with Crippen molar-refractivity contribution in [2.24, 2.45) is 0 Å². The summed E-state index contributed by atoms with van der Waals surface area (Å²) in [5.74, 6) is 0.222. The molecule has 0 saturated carbocycles. The van der Waals surface area contributed by atoms with Crippen molar-refractivity contribution in [2.75, 3.05) is 6.61 Å². The first-order valence-corrected chi connectivity index (χ1v) is 8.79. The molecule has 0 aliphatic heterocycles. The highest BCUT2D eigenvalue weighted by molar-refractivity contribution is 5.76. The Morgan fingerprint density at radius 2 is 1.77 bits per heavy atom. The monoisotopic (exact) mass is 349 g/mol. The van der Waals surface area contributed by atoms with E-state index in [-0.39, 0.29) is 11.5 Å². The largest absolute Gasteiger partial charge is 0.508 e. The molecular formula is C22H23NO3. The van der Waals surface area contributed by atoms with Gasteiger partial charge in [-0.1, -0.05) is 43.3 Å². The Kier molecular flexibility index (Phi) is 5.87. The lowest BCUT2D eigenvalue weighted by Gasteiger charge is -2.18. The summed E-state index contributed by atoms with van der Waals surface area (Å²) in [4.78, 5) is 4.08. The average Bonchev–Trinajstić information content (AvgIpc) is 2.66. The van der Waals surface area contributed by atoms with Gasteiger partial charge in [-0.2, -0.15) is 0 Å². The zero-order chi connectivity index (χ0) is 18.4. The molecular weight excluding hydrogens is 326 g/mol. The van der Waals surface area contributed by atoms with Crippen molar-refractivity contribution >= 4 is 0 Å². The first kappa shape index (κ1) is 18.0. The first-order valence-electron chi connectivity index (χ1n) is 8.79. The predicted octanol–water partition coefficient (Wildman–Crippen LogP) is 4.48. The second kappa shape index (κ2) is 8.50. The molecule has 26 heavy (non-hydrogen) atoms.